The van der Waals surface area contributed by atoms with E-state index in [-0.39, 0.29) is 11.8 Å². The largest absolute Gasteiger partial charge is 0.345 e. The van der Waals surface area contributed by atoms with E-state index in [9.17, 15) is 4.79 Å². The number of aryl methyl sites for hydroxylation is 1. The number of pyridine rings is 2. The molecule has 3 atom stereocenters. The van der Waals surface area contributed by atoms with Crippen molar-refractivity contribution in [3.8, 4) is 0 Å². The zero-order valence-corrected chi connectivity index (χ0v) is 13.8. The van der Waals surface area contributed by atoms with Crippen LogP contribution in [-0.4, -0.2) is 29.0 Å². The van der Waals surface area contributed by atoms with Crippen LogP contribution in [0.3, 0.4) is 0 Å². The van der Waals surface area contributed by atoms with E-state index in [4.69, 9.17) is 0 Å². The van der Waals surface area contributed by atoms with Crippen molar-refractivity contribution < 1.29 is 4.79 Å². The average molecular weight is 310 g/mol. The summed E-state index contributed by atoms with van der Waals surface area (Å²) >= 11 is 0. The number of carbonyl (C=O) groups excluding carboxylic acids is 1. The van der Waals surface area contributed by atoms with Crippen LogP contribution >= 0.6 is 0 Å². The van der Waals surface area contributed by atoms with Crippen molar-refractivity contribution >= 4 is 16.8 Å². The number of piperidine rings is 1. The number of fused-ring (bicyclic) bond motifs is 2. The summed E-state index contributed by atoms with van der Waals surface area (Å²) in [4.78, 5) is 21.8. The molecule has 1 saturated heterocycles. The van der Waals surface area contributed by atoms with Gasteiger partial charge in [-0.3, -0.25) is 14.8 Å². The van der Waals surface area contributed by atoms with E-state index in [2.05, 4.69) is 20.6 Å². The first-order valence-corrected chi connectivity index (χ1v) is 8.23. The summed E-state index contributed by atoms with van der Waals surface area (Å²) in [5.74, 6) is 1.36. The normalized spacial score (nSPS) is 26.1. The Kier molecular flexibility index (Phi) is 3.17. The van der Waals surface area contributed by atoms with Crippen LogP contribution in [0.4, 0.5) is 0 Å². The van der Waals surface area contributed by atoms with Gasteiger partial charge in [0.25, 0.3) is 0 Å². The standard InChI is InChI=1S/C18H22N4O/c1-10-7-11-5-4-6-20-15(11)16(21-10)18(2,3)22-17(23)14-12-8-19-9-13(12)14/h4-7,12-14,19H,8-9H2,1-3H3,(H,22,23)/t12-,13+,14?. The van der Waals surface area contributed by atoms with E-state index >= 15 is 0 Å². The highest BCUT2D eigenvalue weighted by atomic mass is 16.2. The molecule has 2 N–H and O–H groups in total. The average Bonchev–Trinajstić information content (AvgIpc) is 2.99. The van der Waals surface area contributed by atoms with Crippen molar-refractivity contribution in [2.24, 2.45) is 17.8 Å². The number of carbonyl (C=O) groups is 1. The molecule has 1 aliphatic carbocycles. The maximum absolute atomic E-state index is 12.6. The zero-order valence-electron chi connectivity index (χ0n) is 13.8. The third-order valence-corrected chi connectivity index (χ3v) is 5.14. The quantitative estimate of drug-likeness (QED) is 0.906. The molecule has 2 aliphatic rings. The van der Waals surface area contributed by atoms with Crippen LogP contribution in [0.15, 0.2) is 24.4 Å². The molecule has 120 valence electrons. The number of amides is 1. The first-order chi connectivity index (χ1) is 11.0. The van der Waals surface area contributed by atoms with Gasteiger partial charge in [-0.05, 0) is 57.8 Å². The Morgan fingerprint density at radius 3 is 2.83 bits per heavy atom. The SMILES string of the molecule is Cc1cc2cccnc2c(C(C)(C)NC(=O)C2[C@H]3CNC[C@@H]23)n1. The van der Waals surface area contributed by atoms with Gasteiger partial charge in [-0.1, -0.05) is 6.07 Å². The highest BCUT2D eigenvalue weighted by Gasteiger charge is 2.57. The molecule has 2 aromatic heterocycles. The molecule has 5 nitrogen and oxygen atoms in total. The molecule has 3 heterocycles. The van der Waals surface area contributed by atoms with Gasteiger partial charge in [0.05, 0.1) is 16.7 Å². The van der Waals surface area contributed by atoms with Gasteiger partial charge in [-0.25, -0.2) is 0 Å². The van der Waals surface area contributed by atoms with Gasteiger partial charge in [0.2, 0.25) is 5.91 Å². The molecule has 2 aromatic rings. The molecule has 4 rings (SSSR count). The van der Waals surface area contributed by atoms with Crippen LogP contribution in [0.25, 0.3) is 10.9 Å². The number of hydrogen-bond donors (Lipinski definition) is 2. The summed E-state index contributed by atoms with van der Waals surface area (Å²) in [7, 11) is 0. The summed E-state index contributed by atoms with van der Waals surface area (Å²) in [6, 6.07) is 5.99. The van der Waals surface area contributed by atoms with Crippen molar-refractivity contribution in [2.75, 3.05) is 13.1 Å². The molecule has 0 bridgehead atoms. The number of hydrogen-bond acceptors (Lipinski definition) is 4. The monoisotopic (exact) mass is 310 g/mol. The Labute approximate surface area is 135 Å². The van der Waals surface area contributed by atoms with Gasteiger partial charge in [0.15, 0.2) is 0 Å². The minimum Gasteiger partial charge on any atom is -0.345 e. The maximum Gasteiger partial charge on any atom is 0.224 e. The fraction of sp³-hybridized carbons (Fsp3) is 0.500. The molecule has 5 heteroatoms. The number of aromatic nitrogens is 2. The Balaban J connectivity index is 1.64. The van der Waals surface area contributed by atoms with Crippen LogP contribution in [0, 0.1) is 24.7 Å². The highest BCUT2D eigenvalue weighted by molar-refractivity contribution is 5.85. The van der Waals surface area contributed by atoms with Crippen LogP contribution in [0.2, 0.25) is 0 Å². The van der Waals surface area contributed by atoms with Crippen molar-refractivity contribution in [1.29, 1.82) is 0 Å². The minimum absolute atomic E-state index is 0.152. The third-order valence-electron chi connectivity index (χ3n) is 5.14. The van der Waals surface area contributed by atoms with Crippen LogP contribution < -0.4 is 10.6 Å². The number of nitrogens with zero attached hydrogens (tertiary/aromatic N) is 2. The molecule has 23 heavy (non-hydrogen) atoms. The van der Waals surface area contributed by atoms with E-state index in [1.54, 1.807) is 6.20 Å². The van der Waals surface area contributed by atoms with Crippen molar-refractivity contribution in [2.45, 2.75) is 26.3 Å². The lowest BCUT2D eigenvalue weighted by Gasteiger charge is -2.27. The van der Waals surface area contributed by atoms with Crippen molar-refractivity contribution in [3.05, 3.63) is 35.8 Å². The first kappa shape index (κ1) is 14.6. The second-order valence-electron chi connectivity index (χ2n) is 7.31. The van der Waals surface area contributed by atoms with Crippen LogP contribution in [0.5, 0.6) is 0 Å². The first-order valence-electron chi connectivity index (χ1n) is 8.23. The van der Waals surface area contributed by atoms with E-state index in [0.717, 1.165) is 35.4 Å². The lowest BCUT2D eigenvalue weighted by atomic mass is 9.96. The summed E-state index contributed by atoms with van der Waals surface area (Å²) in [5.41, 5.74) is 2.10. The van der Waals surface area contributed by atoms with E-state index in [0.29, 0.717) is 11.8 Å². The fourth-order valence-electron chi connectivity index (χ4n) is 3.91. The summed E-state index contributed by atoms with van der Waals surface area (Å²) in [6.07, 6.45) is 1.78. The molecule has 0 radical (unpaired) electrons. The maximum atomic E-state index is 12.6. The molecule has 1 amide bonds. The zero-order chi connectivity index (χ0) is 16.2. The van der Waals surface area contributed by atoms with Gasteiger partial charge in [-0.15, -0.1) is 0 Å². The smallest absolute Gasteiger partial charge is 0.224 e. The topological polar surface area (TPSA) is 66.9 Å². The lowest BCUT2D eigenvalue weighted by Crippen LogP contribution is -2.44. The second kappa shape index (κ2) is 4.99. The highest BCUT2D eigenvalue weighted by Crippen LogP contribution is 2.49. The van der Waals surface area contributed by atoms with E-state index < -0.39 is 5.54 Å². The Hall–Kier alpha value is -2.01. The Bertz CT molecular complexity index is 776. The summed E-state index contributed by atoms with van der Waals surface area (Å²) < 4.78 is 0. The third kappa shape index (κ3) is 2.39. The molecule has 1 saturated carbocycles. The fourth-order valence-corrected chi connectivity index (χ4v) is 3.91. The predicted molar refractivity (Wildman–Crippen MR) is 88.8 cm³/mol. The predicted octanol–water partition coefficient (Wildman–Crippen LogP) is 1.75. The van der Waals surface area contributed by atoms with Gasteiger partial charge in [0, 0.05) is 23.2 Å². The molecular weight excluding hydrogens is 288 g/mol. The summed E-state index contributed by atoms with van der Waals surface area (Å²) in [5, 5.41) is 7.60. The minimum atomic E-state index is -0.542. The Morgan fingerprint density at radius 1 is 1.35 bits per heavy atom. The molecular formula is C18H22N4O. The molecule has 1 aliphatic heterocycles. The van der Waals surface area contributed by atoms with Gasteiger partial charge >= 0.3 is 0 Å². The number of rotatable bonds is 3. The number of nitrogens with one attached hydrogen (secondary N) is 2. The van der Waals surface area contributed by atoms with E-state index in [1.165, 1.54) is 0 Å². The van der Waals surface area contributed by atoms with Gasteiger partial charge in [-0.2, -0.15) is 0 Å². The Morgan fingerprint density at radius 2 is 2.09 bits per heavy atom. The molecule has 1 unspecified atom stereocenters. The summed E-state index contributed by atoms with van der Waals surface area (Å²) in [6.45, 7) is 7.94. The van der Waals surface area contributed by atoms with Gasteiger partial charge < -0.3 is 10.6 Å². The molecule has 2 fully saturated rings. The molecule has 0 aromatic carbocycles. The van der Waals surface area contributed by atoms with Crippen molar-refractivity contribution in [1.82, 2.24) is 20.6 Å². The van der Waals surface area contributed by atoms with Crippen molar-refractivity contribution in [3.63, 3.8) is 0 Å². The van der Waals surface area contributed by atoms with Crippen LogP contribution in [0.1, 0.15) is 25.2 Å². The van der Waals surface area contributed by atoms with Gasteiger partial charge in [0.1, 0.15) is 0 Å². The van der Waals surface area contributed by atoms with E-state index in [1.807, 2.05) is 39.0 Å². The second-order valence-corrected chi connectivity index (χ2v) is 7.31. The lowest BCUT2D eigenvalue weighted by molar-refractivity contribution is -0.124. The van der Waals surface area contributed by atoms with Crippen LogP contribution in [-0.2, 0) is 10.3 Å². The molecule has 0 spiro atoms.